The van der Waals surface area contributed by atoms with Crippen LogP contribution in [0, 0.1) is 5.41 Å². The molecule has 0 aromatic heterocycles. The van der Waals surface area contributed by atoms with Crippen LogP contribution in [0.5, 0.6) is 0 Å². The van der Waals surface area contributed by atoms with Gasteiger partial charge in [-0.05, 0) is 5.57 Å². The largest absolute Gasteiger partial charge is 0.0950 e. The van der Waals surface area contributed by atoms with E-state index in [4.69, 9.17) is 0 Å². The molecular formula is C7H10. The van der Waals surface area contributed by atoms with Crippen LogP contribution in [-0.2, 0) is 0 Å². The summed E-state index contributed by atoms with van der Waals surface area (Å²) in [6.07, 6.45) is 4.22. The van der Waals surface area contributed by atoms with Crippen LogP contribution in [-0.4, -0.2) is 0 Å². The van der Waals surface area contributed by atoms with E-state index >= 15 is 0 Å². The Kier molecular flexibility index (Phi) is 0.663. The van der Waals surface area contributed by atoms with Crippen LogP contribution in [0.3, 0.4) is 0 Å². The third-order valence-electron chi connectivity index (χ3n) is 1.53. The van der Waals surface area contributed by atoms with E-state index in [2.05, 4.69) is 32.6 Å². The number of rotatable bonds is 0. The Morgan fingerprint density at radius 2 is 2.00 bits per heavy atom. The van der Waals surface area contributed by atoms with Gasteiger partial charge in [-0.1, -0.05) is 32.6 Å². The molecule has 0 heterocycles. The van der Waals surface area contributed by atoms with Crippen LogP contribution in [0.1, 0.15) is 13.8 Å². The van der Waals surface area contributed by atoms with Crippen molar-refractivity contribution in [3.63, 3.8) is 0 Å². The average Bonchev–Trinajstić information content (AvgIpc) is 1.63. The van der Waals surface area contributed by atoms with Gasteiger partial charge in [-0.3, -0.25) is 0 Å². The monoisotopic (exact) mass is 94.1 g/mol. The molecule has 0 saturated heterocycles. The molecule has 0 saturated carbocycles. The molecule has 1 rings (SSSR count). The lowest BCUT2D eigenvalue weighted by Crippen LogP contribution is -2.16. The first kappa shape index (κ1) is 4.63. The molecule has 0 heteroatoms. The van der Waals surface area contributed by atoms with E-state index in [1.807, 2.05) is 0 Å². The standard InChI is InChI=1S/C7H10/c1-6-4-5-7(6,2)3/h4-5H,1H2,2-3H3. The third kappa shape index (κ3) is 0.504. The fourth-order valence-corrected chi connectivity index (χ4v) is 0.535. The summed E-state index contributed by atoms with van der Waals surface area (Å²) in [4.78, 5) is 0. The molecule has 0 aromatic rings. The van der Waals surface area contributed by atoms with Crippen molar-refractivity contribution in [2.24, 2.45) is 5.41 Å². The van der Waals surface area contributed by atoms with E-state index in [0.717, 1.165) is 0 Å². The first-order valence-electron chi connectivity index (χ1n) is 2.51. The first-order valence-corrected chi connectivity index (χ1v) is 2.51. The van der Waals surface area contributed by atoms with Gasteiger partial charge in [-0.25, -0.2) is 0 Å². The molecule has 0 N–H and O–H groups in total. The molecule has 7 heavy (non-hydrogen) atoms. The summed E-state index contributed by atoms with van der Waals surface area (Å²) < 4.78 is 0. The zero-order chi connectivity index (χ0) is 5.49. The topological polar surface area (TPSA) is 0 Å². The smallest absolute Gasteiger partial charge is 0.00725 e. The molecule has 1 aliphatic carbocycles. The molecule has 0 aromatic carbocycles. The highest BCUT2D eigenvalue weighted by atomic mass is 14.3. The van der Waals surface area contributed by atoms with Crippen LogP contribution in [0.2, 0.25) is 0 Å². The summed E-state index contributed by atoms with van der Waals surface area (Å²) in [6.45, 7) is 8.15. The molecule has 0 fully saturated rings. The summed E-state index contributed by atoms with van der Waals surface area (Å²) >= 11 is 0. The zero-order valence-electron chi connectivity index (χ0n) is 4.86. The predicted octanol–water partition coefficient (Wildman–Crippen LogP) is 2.14. The van der Waals surface area contributed by atoms with E-state index in [9.17, 15) is 0 Å². The van der Waals surface area contributed by atoms with Crippen molar-refractivity contribution in [2.75, 3.05) is 0 Å². The second kappa shape index (κ2) is 1.00. The second-order valence-corrected chi connectivity index (χ2v) is 2.58. The molecule has 1 aliphatic rings. The molecule has 0 amide bonds. The Morgan fingerprint density at radius 1 is 1.57 bits per heavy atom. The number of hydrogen-bond donors (Lipinski definition) is 0. The van der Waals surface area contributed by atoms with Crippen LogP contribution < -0.4 is 0 Å². The highest BCUT2D eigenvalue weighted by Crippen LogP contribution is 2.35. The molecule has 0 spiro atoms. The van der Waals surface area contributed by atoms with Gasteiger partial charge in [0.15, 0.2) is 0 Å². The van der Waals surface area contributed by atoms with Gasteiger partial charge >= 0.3 is 0 Å². The van der Waals surface area contributed by atoms with E-state index in [1.54, 1.807) is 0 Å². The highest BCUT2D eigenvalue weighted by molar-refractivity contribution is 5.37. The summed E-state index contributed by atoms with van der Waals surface area (Å²) in [6, 6.07) is 0. The van der Waals surface area contributed by atoms with Crippen LogP contribution in [0.25, 0.3) is 0 Å². The maximum Gasteiger partial charge on any atom is 0.00725 e. The van der Waals surface area contributed by atoms with Crippen LogP contribution in [0.15, 0.2) is 24.3 Å². The second-order valence-electron chi connectivity index (χ2n) is 2.58. The summed E-state index contributed by atoms with van der Waals surface area (Å²) in [7, 11) is 0. The fraction of sp³-hybridized carbons (Fsp3) is 0.429. The van der Waals surface area contributed by atoms with Crippen LogP contribution >= 0.6 is 0 Å². The maximum atomic E-state index is 3.83. The normalized spacial score (nSPS) is 24.6. The van der Waals surface area contributed by atoms with Crippen molar-refractivity contribution in [1.82, 2.24) is 0 Å². The van der Waals surface area contributed by atoms with E-state index in [0.29, 0.717) is 5.41 Å². The van der Waals surface area contributed by atoms with Gasteiger partial charge in [-0.2, -0.15) is 0 Å². The van der Waals surface area contributed by atoms with Gasteiger partial charge in [0.25, 0.3) is 0 Å². The summed E-state index contributed by atoms with van der Waals surface area (Å²) in [5.74, 6) is 0. The lowest BCUT2D eigenvalue weighted by atomic mass is 9.76. The molecule has 0 nitrogen and oxygen atoms in total. The van der Waals surface area contributed by atoms with Crippen molar-refractivity contribution in [1.29, 1.82) is 0 Å². The Labute approximate surface area is 44.5 Å². The number of allylic oxidation sites excluding steroid dienone is 3. The molecule has 0 atom stereocenters. The summed E-state index contributed by atoms with van der Waals surface area (Å²) in [5, 5.41) is 0. The quantitative estimate of drug-likeness (QED) is 0.431. The van der Waals surface area contributed by atoms with Gasteiger partial charge in [0.2, 0.25) is 0 Å². The molecule has 0 bridgehead atoms. The molecule has 0 aliphatic heterocycles. The van der Waals surface area contributed by atoms with Crippen molar-refractivity contribution < 1.29 is 0 Å². The third-order valence-corrected chi connectivity index (χ3v) is 1.53. The van der Waals surface area contributed by atoms with Gasteiger partial charge < -0.3 is 0 Å². The molecular weight excluding hydrogens is 84.1 g/mol. The lowest BCUT2D eigenvalue weighted by Gasteiger charge is -2.28. The van der Waals surface area contributed by atoms with Crippen molar-refractivity contribution >= 4 is 0 Å². The summed E-state index contributed by atoms with van der Waals surface area (Å²) in [5.41, 5.74) is 1.55. The fourth-order valence-electron chi connectivity index (χ4n) is 0.535. The van der Waals surface area contributed by atoms with E-state index in [1.165, 1.54) is 5.57 Å². The Bertz CT molecular complexity index is 127. The number of hydrogen-bond acceptors (Lipinski definition) is 0. The molecule has 38 valence electrons. The molecule has 0 unspecified atom stereocenters. The average molecular weight is 94.2 g/mol. The van der Waals surface area contributed by atoms with Crippen molar-refractivity contribution in [3.05, 3.63) is 24.3 Å². The first-order chi connectivity index (χ1) is 3.13. The van der Waals surface area contributed by atoms with Crippen LogP contribution in [0.4, 0.5) is 0 Å². The van der Waals surface area contributed by atoms with Crippen molar-refractivity contribution in [2.45, 2.75) is 13.8 Å². The Hall–Kier alpha value is -0.520. The minimum Gasteiger partial charge on any atom is -0.0950 e. The van der Waals surface area contributed by atoms with E-state index < -0.39 is 0 Å². The van der Waals surface area contributed by atoms with E-state index in [-0.39, 0.29) is 0 Å². The minimum atomic E-state index is 0.306. The minimum absolute atomic E-state index is 0.306. The van der Waals surface area contributed by atoms with Gasteiger partial charge in [0.1, 0.15) is 0 Å². The predicted molar refractivity (Wildman–Crippen MR) is 32.1 cm³/mol. The zero-order valence-corrected chi connectivity index (χ0v) is 4.86. The van der Waals surface area contributed by atoms with Gasteiger partial charge in [0, 0.05) is 5.41 Å². The van der Waals surface area contributed by atoms with Gasteiger partial charge in [-0.15, -0.1) is 0 Å². The Morgan fingerprint density at radius 3 is 2.00 bits per heavy atom. The van der Waals surface area contributed by atoms with Crippen molar-refractivity contribution in [3.8, 4) is 0 Å². The molecule has 0 radical (unpaired) electrons. The SMILES string of the molecule is C=C1C=CC1(C)C. The van der Waals surface area contributed by atoms with Gasteiger partial charge in [0.05, 0.1) is 0 Å². The highest BCUT2D eigenvalue weighted by Gasteiger charge is 2.22. The lowest BCUT2D eigenvalue weighted by molar-refractivity contribution is 0.560. The Balaban J connectivity index is 2.83. The maximum absolute atomic E-state index is 3.83.